The molecule has 0 fully saturated rings. The van der Waals surface area contributed by atoms with Gasteiger partial charge < -0.3 is 15.9 Å². The number of hydrogen-bond donors (Lipinski definition) is 2. The lowest BCUT2D eigenvalue weighted by Gasteiger charge is -2.17. The molecule has 3 aromatic rings. The molecular weight excluding hydrogens is 316 g/mol. The second-order valence-electron chi connectivity index (χ2n) is 7.63. The number of carbonyl (C=O) groups excluding carboxylic acids is 2. The number of nitrogens with two attached hydrogens (primary N) is 2. The van der Waals surface area contributed by atoms with Gasteiger partial charge in [-0.05, 0) is 64.1 Å². The van der Waals surface area contributed by atoms with E-state index < -0.39 is 11.1 Å². The van der Waals surface area contributed by atoms with Gasteiger partial charge in [-0.25, -0.2) is 0 Å². The van der Waals surface area contributed by atoms with Gasteiger partial charge in [0, 0.05) is 21.9 Å². The van der Waals surface area contributed by atoms with Gasteiger partial charge in [0.1, 0.15) is 11.2 Å². The van der Waals surface area contributed by atoms with Crippen molar-refractivity contribution in [1.82, 2.24) is 0 Å². The Labute approximate surface area is 146 Å². The first-order valence-corrected chi connectivity index (χ1v) is 8.12. The van der Waals surface area contributed by atoms with Gasteiger partial charge >= 0.3 is 0 Å². The van der Waals surface area contributed by atoms with E-state index in [-0.39, 0.29) is 11.6 Å². The summed E-state index contributed by atoms with van der Waals surface area (Å²) in [4.78, 5) is 24.9. The van der Waals surface area contributed by atoms with Crippen LogP contribution in [0.3, 0.4) is 0 Å². The number of ketones is 2. The van der Waals surface area contributed by atoms with E-state index in [1.54, 1.807) is 64.1 Å². The number of benzene rings is 2. The van der Waals surface area contributed by atoms with Crippen molar-refractivity contribution in [3.8, 4) is 0 Å². The number of carbonyl (C=O) groups is 2. The Hall–Kier alpha value is -2.50. The first-order valence-electron chi connectivity index (χ1n) is 8.12. The number of hydrogen-bond acceptors (Lipinski definition) is 5. The zero-order valence-electron chi connectivity index (χ0n) is 14.8. The number of Topliss-reactive ketones (excluding diaryl/α,β-unsaturated/α-hetero) is 2. The van der Waals surface area contributed by atoms with Crippen molar-refractivity contribution in [2.24, 2.45) is 11.5 Å². The van der Waals surface area contributed by atoms with Crippen molar-refractivity contribution in [3.05, 3.63) is 47.5 Å². The molecule has 0 aliphatic carbocycles. The van der Waals surface area contributed by atoms with Crippen LogP contribution in [0.1, 0.15) is 48.4 Å². The Kier molecular flexibility index (Phi) is 3.82. The van der Waals surface area contributed by atoms with Crippen molar-refractivity contribution >= 4 is 33.5 Å². The predicted octanol–water partition coefficient (Wildman–Crippen LogP) is 3.43. The van der Waals surface area contributed by atoms with Gasteiger partial charge in [-0.15, -0.1) is 0 Å². The third-order valence-corrected chi connectivity index (χ3v) is 4.16. The molecule has 25 heavy (non-hydrogen) atoms. The highest BCUT2D eigenvalue weighted by molar-refractivity contribution is 6.12. The summed E-state index contributed by atoms with van der Waals surface area (Å²) >= 11 is 0. The van der Waals surface area contributed by atoms with E-state index >= 15 is 0 Å². The van der Waals surface area contributed by atoms with Gasteiger partial charge in [0.2, 0.25) is 0 Å². The van der Waals surface area contributed by atoms with Crippen molar-refractivity contribution < 1.29 is 14.0 Å². The maximum absolute atomic E-state index is 12.4. The second kappa shape index (κ2) is 5.51. The molecule has 0 atom stereocenters. The van der Waals surface area contributed by atoms with Crippen molar-refractivity contribution in [2.45, 2.75) is 38.8 Å². The first-order chi connectivity index (χ1) is 11.5. The lowest BCUT2D eigenvalue weighted by Crippen LogP contribution is -2.41. The van der Waals surface area contributed by atoms with Crippen LogP contribution >= 0.6 is 0 Å². The summed E-state index contributed by atoms with van der Waals surface area (Å²) in [6.45, 7) is 6.69. The summed E-state index contributed by atoms with van der Waals surface area (Å²) in [7, 11) is 0. The van der Waals surface area contributed by atoms with E-state index in [1.807, 2.05) is 0 Å². The van der Waals surface area contributed by atoms with E-state index in [9.17, 15) is 9.59 Å². The molecule has 0 radical (unpaired) electrons. The average Bonchev–Trinajstić information content (AvgIpc) is 2.88. The fourth-order valence-corrected chi connectivity index (χ4v) is 2.80. The van der Waals surface area contributed by atoms with Crippen LogP contribution in [0.5, 0.6) is 0 Å². The third-order valence-electron chi connectivity index (χ3n) is 4.16. The molecule has 0 unspecified atom stereocenters. The summed E-state index contributed by atoms with van der Waals surface area (Å²) in [5.74, 6) is -0.307. The molecule has 0 amide bonds. The summed E-state index contributed by atoms with van der Waals surface area (Å²) in [6.07, 6.45) is 0. The minimum Gasteiger partial charge on any atom is -0.456 e. The Morgan fingerprint density at radius 3 is 1.44 bits per heavy atom. The lowest BCUT2D eigenvalue weighted by atomic mass is 9.92. The standard InChI is InChI=1S/C20H22N2O3/c1-19(2,21)17(23)11-5-7-15-13(9-11)14-10-12(6-8-16(14)25-15)18(24)20(3,4)22/h5-10H,21-22H2,1-4H3. The Bertz CT molecular complexity index is 921. The summed E-state index contributed by atoms with van der Waals surface area (Å²) in [5, 5.41) is 1.55. The summed E-state index contributed by atoms with van der Waals surface area (Å²) in [6, 6.07) is 10.4. The minimum absolute atomic E-state index is 0.154. The topological polar surface area (TPSA) is 99.3 Å². The number of rotatable bonds is 4. The molecule has 0 spiro atoms. The maximum Gasteiger partial charge on any atom is 0.182 e. The molecule has 0 bridgehead atoms. The third kappa shape index (κ3) is 3.08. The van der Waals surface area contributed by atoms with E-state index in [1.165, 1.54) is 0 Å². The highest BCUT2D eigenvalue weighted by Crippen LogP contribution is 2.31. The number of furan rings is 1. The van der Waals surface area contributed by atoms with Gasteiger partial charge in [-0.1, -0.05) is 0 Å². The Morgan fingerprint density at radius 2 is 1.12 bits per heavy atom. The molecule has 5 nitrogen and oxygen atoms in total. The average molecular weight is 338 g/mol. The first kappa shape index (κ1) is 17.3. The van der Waals surface area contributed by atoms with Crippen molar-refractivity contribution in [1.29, 1.82) is 0 Å². The van der Waals surface area contributed by atoms with Crippen LogP contribution in [0.4, 0.5) is 0 Å². The molecule has 1 aromatic heterocycles. The van der Waals surface area contributed by atoms with Gasteiger partial charge in [-0.3, -0.25) is 9.59 Å². The molecule has 0 aliphatic heterocycles. The molecule has 5 heteroatoms. The van der Waals surface area contributed by atoms with Crippen LogP contribution in [0.2, 0.25) is 0 Å². The SMILES string of the molecule is CC(C)(N)C(=O)c1ccc2oc3ccc(C(=O)C(C)(C)N)cc3c2c1. The molecule has 1 heterocycles. The predicted molar refractivity (Wildman–Crippen MR) is 98.9 cm³/mol. The number of fused-ring (bicyclic) bond motifs is 3. The van der Waals surface area contributed by atoms with Crippen molar-refractivity contribution in [2.75, 3.05) is 0 Å². The van der Waals surface area contributed by atoms with Gasteiger partial charge in [0.25, 0.3) is 0 Å². The molecular formula is C20H22N2O3. The lowest BCUT2D eigenvalue weighted by molar-refractivity contribution is 0.0907. The fourth-order valence-electron chi connectivity index (χ4n) is 2.80. The Balaban J connectivity index is 2.20. The monoisotopic (exact) mass is 338 g/mol. The molecule has 130 valence electrons. The molecule has 0 saturated heterocycles. The zero-order chi connectivity index (χ0) is 18.6. The van der Waals surface area contributed by atoms with Crippen LogP contribution < -0.4 is 11.5 Å². The molecule has 0 aliphatic rings. The summed E-state index contributed by atoms with van der Waals surface area (Å²) in [5.41, 5.74) is 12.3. The largest absolute Gasteiger partial charge is 0.456 e. The van der Waals surface area contributed by atoms with E-state index in [0.29, 0.717) is 22.3 Å². The van der Waals surface area contributed by atoms with Gasteiger partial charge in [-0.2, -0.15) is 0 Å². The van der Waals surface area contributed by atoms with Gasteiger partial charge in [0.05, 0.1) is 11.1 Å². The van der Waals surface area contributed by atoms with Crippen LogP contribution in [0.25, 0.3) is 21.9 Å². The molecule has 4 N–H and O–H groups in total. The highest BCUT2D eigenvalue weighted by Gasteiger charge is 2.26. The minimum atomic E-state index is -0.960. The van der Waals surface area contributed by atoms with Crippen LogP contribution in [0.15, 0.2) is 40.8 Å². The van der Waals surface area contributed by atoms with Crippen LogP contribution in [-0.4, -0.2) is 22.6 Å². The Morgan fingerprint density at radius 1 is 0.760 bits per heavy atom. The molecule has 0 saturated carbocycles. The quantitative estimate of drug-likeness (QED) is 0.710. The fraction of sp³-hybridized carbons (Fsp3) is 0.300. The van der Waals surface area contributed by atoms with E-state index in [0.717, 1.165) is 10.8 Å². The second-order valence-corrected chi connectivity index (χ2v) is 7.63. The smallest absolute Gasteiger partial charge is 0.182 e. The van der Waals surface area contributed by atoms with E-state index in [2.05, 4.69) is 0 Å². The maximum atomic E-state index is 12.4. The zero-order valence-corrected chi connectivity index (χ0v) is 14.8. The molecule has 2 aromatic carbocycles. The normalized spacial score (nSPS) is 12.7. The van der Waals surface area contributed by atoms with Crippen LogP contribution in [0, 0.1) is 0 Å². The highest BCUT2D eigenvalue weighted by atomic mass is 16.3. The van der Waals surface area contributed by atoms with E-state index in [4.69, 9.17) is 15.9 Å². The molecule has 3 rings (SSSR count). The summed E-state index contributed by atoms with van der Waals surface area (Å²) < 4.78 is 5.81. The van der Waals surface area contributed by atoms with Crippen molar-refractivity contribution in [3.63, 3.8) is 0 Å². The van der Waals surface area contributed by atoms with Gasteiger partial charge in [0.15, 0.2) is 11.6 Å². The van der Waals surface area contributed by atoms with Crippen LogP contribution in [-0.2, 0) is 0 Å².